The van der Waals surface area contributed by atoms with Crippen molar-refractivity contribution in [3.63, 3.8) is 0 Å². The van der Waals surface area contributed by atoms with Crippen LogP contribution in [0.3, 0.4) is 0 Å². The van der Waals surface area contributed by atoms with E-state index in [1.54, 1.807) is 7.11 Å². The molecular formula is C14H28N2O2. The molecule has 1 aliphatic rings. The van der Waals surface area contributed by atoms with Crippen LogP contribution in [-0.4, -0.2) is 50.2 Å². The lowest BCUT2D eigenvalue weighted by Crippen LogP contribution is -2.51. The first kappa shape index (κ1) is 15.4. The van der Waals surface area contributed by atoms with Crippen LogP contribution in [0.15, 0.2) is 0 Å². The SMILES string of the molecule is CCCNC1CCN(C(=O)CCOC)CC1CC. The molecule has 1 saturated heterocycles. The maximum Gasteiger partial charge on any atom is 0.224 e. The van der Waals surface area contributed by atoms with Gasteiger partial charge < -0.3 is 15.0 Å². The summed E-state index contributed by atoms with van der Waals surface area (Å²) in [4.78, 5) is 14.0. The van der Waals surface area contributed by atoms with Gasteiger partial charge in [-0.05, 0) is 25.3 Å². The minimum atomic E-state index is 0.240. The molecule has 18 heavy (non-hydrogen) atoms. The third-order valence-corrected chi connectivity index (χ3v) is 3.79. The van der Waals surface area contributed by atoms with Crippen molar-refractivity contribution < 1.29 is 9.53 Å². The predicted octanol–water partition coefficient (Wildman–Crippen LogP) is 1.65. The molecule has 0 saturated carbocycles. The van der Waals surface area contributed by atoms with Crippen molar-refractivity contribution in [3.8, 4) is 0 Å². The van der Waals surface area contributed by atoms with Gasteiger partial charge in [0.2, 0.25) is 5.91 Å². The Morgan fingerprint density at radius 2 is 2.22 bits per heavy atom. The van der Waals surface area contributed by atoms with Crippen LogP contribution in [0.5, 0.6) is 0 Å². The van der Waals surface area contributed by atoms with Gasteiger partial charge in [0, 0.05) is 26.2 Å². The molecule has 0 aromatic carbocycles. The molecule has 0 aliphatic carbocycles. The van der Waals surface area contributed by atoms with Crippen LogP contribution in [0.2, 0.25) is 0 Å². The molecule has 1 rings (SSSR count). The van der Waals surface area contributed by atoms with Gasteiger partial charge in [-0.1, -0.05) is 20.3 Å². The van der Waals surface area contributed by atoms with Crippen molar-refractivity contribution >= 4 is 5.91 Å². The van der Waals surface area contributed by atoms with E-state index in [1.165, 1.54) is 6.42 Å². The standard InChI is InChI=1S/C14H28N2O2/c1-4-8-15-13-6-9-16(11-12(13)5-2)14(17)7-10-18-3/h12-13,15H,4-11H2,1-3H3. The molecule has 1 fully saturated rings. The molecule has 106 valence electrons. The molecule has 1 N–H and O–H groups in total. The van der Waals surface area contributed by atoms with Gasteiger partial charge >= 0.3 is 0 Å². The summed E-state index contributed by atoms with van der Waals surface area (Å²) in [6.45, 7) is 7.81. The zero-order valence-electron chi connectivity index (χ0n) is 12.1. The Hall–Kier alpha value is -0.610. The number of piperidine rings is 1. The van der Waals surface area contributed by atoms with Crippen molar-refractivity contribution in [2.24, 2.45) is 5.92 Å². The summed E-state index contributed by atoms with van der Waals surface area (Å²) >= 11 is 0. The number of carbonyl (C=O) groups excluding carboxylic acids is 1. The fourth-order valence-electron chi connectivity index (χ4n) is 2.62. The molecule has 0 aromatic heterocycles. The molecule has 1 amide bonds. The third kappa shape index (κ3) is 4.58. The first-order chi connectivity index (χ1) is 8.72. The van der Waals surface area contributed by atoms with Gasteiger partial charge in [-0.25, -0.2) is 0 Å². The molecule has 0 spiro atoms. The second-order valence-corrected chi connectivity index (χ2v) is 5.10. The van der Waals surface area contributed by atoms with E-state index in [4.69, 9.17) is 4.74 Å². The van der Waals surface area contributed by atoms with Crippen LogP contribution in [0, 0.1) is 5.92 Å². The van der Waals surface area contributed by atoms with Crippen LogP contribution in [0.1, 0.15) is 39.5 Å². The number of carbonyl (C=O) groups is 1. The van der Waals surface area contributed by atoms with Crippen LogP contribution in [-0.2, 0) is 9.53 Å². The minimum Gasteiger partial charge on any atom is -0.384 e. The first-order valence-corrected chi connectivity index (χ1v) is 7.23. The molecule has 0 bridgehead atoms. The number of ether oxygens (including phenoxy) is 1. The topological polar surface area (TPSA) is 41.6 Å². The maximum absolute atomic E-state index is 12.0. The number of rotatable bonds is 7. The molecule has 0 radical (unpaired) electrons. The second kappa shape index (κ2) is 8.48. The third-order valence-electron chi connectivity index (χ3n) is 3.79. The van der Waals surface area contributed by atoms with E-state index >= 15 is 0 Å². The number of nitrogens with zero attached hydrogens (tertiary/aromatic N) is 1. The average Bonchev–Trinajstić information content (AvgIpc) is 2.42. The Labute approximate surface area is 111 Å². The Bertz CT molecular complexity index is 246. The second-order valence-electron chi connectivity index (χ2n) is 5.10. The van der Waals surface area contributed by atoms with Crippen molar-refractivity contribution in [2.45, 2.75) is 45.6 Å². The monoisotopic (exact) mass is 256 g/mol. The molecule has 4 nitrogen and oxygen atoms in total. The van der Waals surface area contributed by atoms with Gasteiger partial charge in [0.05, 0.1) is 13.0 Å². The van der Waals surface area contributed by atoms with Gasteiger partial charge in [0.25, 0.3) is 0 Å². The number of hydrogen-bond donors (Lipinski definition) is 1. The van der Waals surface area contributed by atoms with Gasteiger partial charge in [-0.3, -0.25) is 4.79 Å². The van der Waals surface area contributed by atoms with E-state index in [0.717, 1.165) is 32.5 Å². The van der Waals surface area contributed by atoms with Crippen molar-refractivity contribution in [1.29, 1.82) is 0 Å². The minimum absolute atomic E-state index is 0.240. The van der Waals surface area contributed by atoms with Crippen LogP contribution >= 0.6 is 0 Å². The molecular weight excluding hydrogens is 228 g/mol. The van der Waals surface area contributed by atoms with Crippen molar-refractivity contribution in [2.75, 3.05) is 33.4 Å². The summed E-state index contributed by atoms with van der Waals surface area (Å²) in [5.41, 5.74) is 0. The summed E-state index contributed by atoms with van der Waals surface area (Å²) in [5, 5.41) is 3.61. The van der Waals surface area contributed by atoms with E-state index in [9.17, 15) is 4.79 Å². The van der Waals surface area contributed by atoms with Crippen LogP contribution in [0.4, 0.5) is 0 Å². The van der Waals surface area contributed by atoms with E-state index in [2.05, 4.69) is 19.2 Å². The fourth-order valence-corrected chi connectivity index (χ4v) is 2.62. The summed E-state index contributed by atoms with van der Waals surface area (Å²) in [5.74, 6) is 0.834. The first-order valence-electron chi connectivity index (χ1n) is 7.23. The van der Waals surface area contributed by atoms with Crippen molar-refractivity contribution in [1.82, 2.24) is 10.2 Å². The van der Waals surface area contributed by atoms with Crippen LogP contribution < -0.4 is 5.32 Å². The highest BCUT2D eigenvalue weighted by molar-refractivity contribution is 5.76. The Morgan fingerprint density at radius 3 is 2.83 bits per heavy atom. The Kier molecular flexibility index (Phi) is 7.28. The Morgan fingerprint density at radius 1 is 1.44 bits per heavy atom. The molecule has 2 unspecified atom stereocenters. The number of hydrogen-bond acceptors (Lipinski definition) is 3. The smallest absolute Gasteiger partial charge is 0.224 e. The number of amides is 1. The largest absolute Gasteiger partial charge is 0.384 e. The zero-order valence-corrected chi connectivity index (χ0v) is 12.1. The Balaban J connectivity index is 2.42. The highest BCUT2D eigenvalue weighted by Crippen LogP contribution is 2.20. The van der Waals surface area contributed by atoms with Gasteiger partial charge in [0.15, 0.2) is 0 Å². The predicted molar refractivity (Wildman–Crippen MR) is 73.6 cm³/mol. The van der Waals surface area contributed by atoms with E-state index in [1.807, 2.05) is 4.90 Å². The van der Waals surface area contributed by atoms with Gasteiger partial charge in [0.1, 0.15) is 0 Å². The van der Waals surface area contributed by atoms with E-state index in [-0.39, 0.29) is 5.91 Å². The summed E-state index contributed by atoms with van der Waals surface area (Å²) in [7, 11) is 1.64. The summed E-state index contributed by atoms with van der Waals surface area (Å²) < 4.78 is 4.97. The van der Waals surface area contributed by atoms with Crippen molar-refractivity contribution in [3.05, 3.63) is 0 Å². The quantitative estimate of drug-likeness (QED) is 0.753. The number of nitrogens with one attached hydrogen (secondary N) is 1. The van der Waals surface area contributed by atoms with Gasteiger partial charge in [-0.15, -0.1) is 0 Å². The highest BCUT2D eigenvalue weighted by atomic mass is 16.5. The average molecular weight is 256 g/mol. The normalized spacial score (nSPS) is 24.3. The molecule has 1 heterocycles. The molecule has 2 atom stereocenters. The van der Waals surface area contributed by atoms with Crippen LogP contribution in [0.25, 0.3) is 0 Å². The summed E-state index contributed by atoms with van der Waals surface area (Å²) in [6, 6.07) is 0.585. The highest BCUT2D eigenvalue weighted by Gasteiger charge is 2.29. The van der Waals surface area contributed by atoms with E-state index < -0.39 is 0 Å². The number of likely N-dealkylation sites (tertiary alicyclic amines) is 1. The maximum atomic E-state index is 12.0. The molecule has 0 aromatic rings. The zero-order chi connectivity index (χ0) is 13.4. The van der Waals surface area contributed by atoms with Gasteiger partial charge in [-0.2, -0.15) is 0 Å². The fraction of sp³-hybridized carbons (Fsp3) is 0.929. The lowest BCUT2D eigenvalue weighted by atomic mass is 9.89. The number of methoxy groups -OCH3 is 1. The summed E-state index contributed by atoms with van der Waals surface area (Å²) in [6.07, 6.45) is 3.90. The molecule has 1 aliphatic heterocycles. The lowest BCUT2D eigenvalue weighted by Gasteiger charge is -2.39. The van der Waals surface area contributed by atoms with E-state index in [0.29, 0.717) is 25.0 Å². The molecule has 4 heteroatoms. The lowest BCUT2D eigenvalue weighted by molar-refractivity contribution is -0.134.